The summed E-state index contributed by atoms with van der Waals surface area (Å²) >= 11 is 1.68. The molecule has 2 fully saturated rings. The van der Waals surface area contributed by atoms with Gasteiger partial charge >= 0.3 is 0 Å². The highest BCUT2D eigenvalue weighted by Crippen LogP contribution is 2.36. The van der Waals surface area contributed by atoms with Gasteiger partial charge in [0.1, 0.15) is 36.6 Å². The zero-order chi connectivity index (χ0) is 45.9. The molecule has 2 heterocycles. The van der Waals surface area contributed by atoms with Gasteiger partial charge in [-0.2, -0.15) is 11.8 Å². The SMILES string of the molecule is CO[C@@H]1O[C@H](CSC[C@H]2O[C@@H](OC)[C@H](OCc3ccccc3)[C@H](OCc3ccccc3)[C@@H]2OCc2ccccc2)[C@@H](OCc2ccccc2)[C@@H](OCc2ccccc2)[C@H]1OCc1ccccc1. The van der Waals surface area contributed by atoms with Gasteiger partial charge in [0, 0.05) is 25.7 Å². The maximum atomic E-state index is 6.90. The highest BCUT2D eigenvalue weighted by molar-refractivity contribution is 7.99. The summed E-state index contributed by atoms with van der Waals surface area (Å²) in [5.74, 6) is 1.03. The third-order valence-electron chi connectivity index (χ3n) is 11.9. The standard InChI is InChI=1S/C56H62O10S/c1-57-55-53(63-37-45-29-17-7-18-30-45)51(61-35-43-25-13-5-14-26-43)49(59-33-41-21-9-3-10-22-41)47(65-55)39-67-40-48-50(60-34-42-23-11-4-12-24-42)52(62-36-44-27-15-6-16-28-44)54(56(58-2)66-48)64-38-46-31-19-8-20-32-46/h3-32,47-56H,33-40H2,1-2H3/t47-,48-,49-,50-,51-,52-,53-,54-,55-,56-/m1/s1. The number of rotatable bonds is 24. The van der Waals surface area contributed by atoms with Crippen molar-refractivity contribution in [1.29, 1.82) is 0 Å². The Bertz CT molecular complexity index is 2090. The fourth-order valence-electron chi connectivity index (χ4n) is 8.44. The van der Waals surface area contributed by atoms with E-state index in [9.17, 15) is 0 Å². The van der Waals surface area contributed by atoms with Crippen LogP contribution >= 0.6 is 11.8 Å². The fourth-order valence-corrected chi connectivity index (χ4v) is 9.58. The Morgan fingerprint density at radius 1 is 0.313 bits per heavy atom. The smallest absolute Gasteiger partial charge is 0.186 e. The van der Waals surface area contributed by atoms with Gasteiger partial charge in [0.2, 0.25) is 0 Å². The molecule has 0 amide bonds. The molecule has 0 N–H and O–H groups in total. The Hall–Kier alpha value is -4.73. The van der Waals surface area contributed by atoms with Crippen molar-refractivity contribution in [2.24, 2.45) is 0 Å². The van der Waals surface area contributed by atoms with E-state index in [4.69, 9.17) is 47.4 Å². The van der Waals surface area contributed by atoms with Crippen LogP contribution in [0.2, 0.25) is 0 Å². The van der Waals surface area contributed by atoms with Crippen LogP contribution in [0.5, 0.6) is 0 Å². The van der Waals surface area contributed by atoms with E-state index in [-0.39, 0.29) is 0 Å². The second-order valence-corrected chi connectivity index (χ2v) is 17.7. The normalized spacial score (nSPS) is 25.2. The molecule has 10 nitrogen and oxygen atoms in total. The molecule has 11 heteroatoms. The van der Waals surface area contributed by atoms with Crippen molar-refractivity contribution in [1.82, 2.24) is 0 Å². The number of benzene rings is 6. The zero-order valence-electron chi connectivity index (χ0n) is 38.2. The first-order chi connectivity index (χ1) is 33.1. The maximum Gasteiger partial charge on any atom is 0.186 e. The molecule has 0 bridgehead atoms. The van der Waals surface area contributed by atoms with E-state index in [2.05, 4.69) is 48.5 Å². The first-order valence-corrected chi connectivity index (χ1v) is 24.2. The zero-order valence-corrected chi connectivity index (χ0v) is 39.1. The summed E-state index contributed by atoms with van der Waals surface area (Å²) in [6.45, 7) is 2.10. The molecule has 2 aliphatic heterocycles. The Morgan fingerprint density at radius 3 is 0.776 bits per heavy atom. The quantitative estimate of drug-likeness (QED) is 0.0581. The van der Waals surface area contributed by atoms with E-state index in [1.807, 2.05) is 133 Å². The van der Waals surface area contributed by atoms with E-state index in [1.165, 1.54) is 0 Å². The van der Waals surface area contributed by atoms with Gasteiger partial charge in [0.25, 0.3) is 0 Å². The van der Waals surface area contributed by atoms with Crippen LogP contribution in [-0.4, -0.2) is 87.1 Å². The van der Waals surface area contributed by atoms with E-state index in [0.717, 1.165) is 33.4 Å². The number of hydrogen-bond donors (Lipinski definition) is 0. The fraction of sp³-hybridized carbons (Fsp3) is 0.357. The lowest BCUT2D eigenvalue weighted by Crippen LogP contribution is -2.62. The molecule has 2 aliphatic rings. The molecule has 67 heavy (non-hydrogen) atoms. The van der Waals surface area contributed by atoms with Gasteiger partial charge in [0.15, 0.2) is 12.6 Å². The largest absolute Gasteiger partial charge is 0.368 e. The van der Waals surface area contributed by atoms with E-state index in [1.54, 1.807) is 26.0 Å². The molecular weight excluding hydrogens is 865 g/mol. The van der Waals surface area contributed by atoms with Crippen molar-refractivity contribution in [3.8, 4) is 0 Å². The van der Waals surface area contributed by atoms with Crippen molar-refractivity contribution >= 4 is 11.8 Å². The van der Waals surface area contributed by atoms with Crippen LogP contribution in [0.25, 0.3) is 0 Å². The average Bonchev–Trinajstić information content (AvgIpc) is 3.39. The molecular formula is C56H62O10S. The number of thioether (sulfide) groups is 1. The lowest BCUT2D eigenvalue weighted by atomic mass is 9.98. The number of methoxy groups -OCH3 is 2. The van der Waals surface area contributed by atoms with E-state index in [0.29, 0.717) is 51.1 Å². The van der Waals surface area contributed by atoms with E-state index < -0.39 is 61.4 Å². The molecule has 0 spiro atoms. The average molecular weight is 927 g/mol. The van der Waals surface area contributed by atoms with Gasteiger partial charge in [-0.15, -0.1) is 0 Å². The Balaban J connectivity index is 1.06. The third-order valence-corrected chi connectivity index (χ3v) is 13.1. The summed E-state index contributed by atoms with van der Waals surface area (Å²) in [6, 6.07) is 60.8. The van der Waals surface area contributed by atoms with Gasteiger partial charge in [-0.3, -0.25) is 0 Å². The third kappa shape index (κ3) is 14.2. The molecule has 2 saturated heterocycles. The maximum absolute atomic E-state index is 6.90. The van der Waals surface area contributed by atoms with Crippen molar-refractivity contribution in [3.05, 3.63) is 215 Å². The van der Waals surface area contributed by atoms with Crippen LogP contribution < -0.4 is 0 Å². The summed E-state index contributed by atoms with van der Waals surface area (Å²) < 4.78 is 66.9. The second kappa shape index (κ2) is 26.1. The molecule has 0 saturated carbocycles. The molecule has 0 aliphatic carbocycles. The van der Waals surface area contributed by atoms with Crippen molar-refractivity contribution in [2.75, 3.05) is 25.7 Å². The topological polar surface area (TPSA) is 92.3 Å². The van der Waals surface area contributed by atoms with Gasteiger partial charge in [-0.1, -0.05) is 182 Å². The van der Waals surface area contributed by atoms with Crippen LogP contribution in [0.4, 0.5) is 0 Å². The highest BCUT2D eigenvalue weighted by atomic mass is 32.2. The Morgan fingerprint density at radius 2 is 0.537 bits per heavy atom. The minimum Gasteiger partial charge on any atom is -0.368 e. The van der Waals surface area contributed by atoms with E-state index >= 15 is 0 Å². The molecule has 10 atom stereocenters. The summed E-state index contributed by atoms with van der Waals surface area (Å²) in [5, 5.41) is 0. The van der Waals surface area contributed by atoms with Crippen LogP contribution in [0.3, 0.4) is 0 Å². The first kappa shape index (κ1) is 48.7. The minimum atomic E-state index is -0.740. The lowest BCUT2D eigenvalue weighted by molar-refractivity contribution is -0.314. The van der Waals surface area contributed by atoms with Gasteiger partial charge < -0.3 is 47.4 Å². The molecule has 8 rings (SSSR count). The Kier molecular flexibility index (Phi) is 19.0. The predicted octanol–water partition coefficient (Wildman–Crippen LogP) is 9.97. The summed E-state index contributed by atoms with van der Waals surface area (Å²) in [6.07, 6.45) is -5.80. The van der Waals surface area contributed by atoms with Crippen LogP contribution in [-0.2, 0) is 87.0 Å². The van der Waals surface area contributed by atoms with Gasteiger partial charge in [-0.25, -0.2) is 0 Å². The summed E-state index contributed by atoms with van der Waals surface area (Å²) in [7, 11) is 3.29. The molecule has 6 aromatic rings. The van der Waals surface area contributed by atoms with Crippen LogP contribution in [0.1, 0.15) is 33.4 Å². The van der Waals surface area contributed by atoms with Crippen LogP contribution in [0, 0.1) is 0 Å². The highest BCUT2D eigenvalue weighted by Gasteiger charge is 2.51. The molecule has 352 valence electrons. The first-order valence-electron chi connectivity index (χ1n) is 23.0. The molecule has 0 unspecified atom stereocenters. The monoisotopic (exact) mass is 926 g/mol. The summed E-state index contributed by atoms with van der Waals surface area (Å²) in [4.78, 5) is 0. The Labute approximate surface area is 399 Å². The molecule has 6 aromatic carbocycles. The lowest BCUT2D eigenvalue weighted by Gasteiger charge is -2.46. The number of ether oxygens (including phenoxy) is 10. The molecule has 0 radical (unpaired) electrons. The minimum absolute atomic E-state index is 0.346. The van der Waals surface area contributed by atoms with Crippen LogP contribution in [0.15, 0.2) is 182 Å². The number of hydrogen-bond acceptors (Lipinski definition) is 11. The molecule has 0 aromatic heterocycles. The van der Waals surface area contributed by atoms with Crippen molar-refractivity contribution in [2.45, 2.75) is 101 Å². The summed E-state index contributed by atoms with van der Waals surface area (Å²) in [5.41, 5.74) is 6.21. The van der Waals surface area contributed by atoms with Crippen molar-refractivity contribution in [3.63, 3.8) is 0 Å². The van der Waals surface area contributed by atoms with Crippen molar-refractivity contribution < 1.29 is 47.4 Å². The van der Waals surface area contributed by atoms with Gasteiger partial charge in [-0.05, 0) is 33.4 Å². The predicted molar refractivity (Wildman–Crippen MR) is 259 cm³/mol. The van der Waals surface area contributed by atoms with Gasteiger partial charge in [0.05, 0.1) is 51.8 Å². The second-order valence-electron chi connectivity index (χ2n) is 16.7.